The molecule has 0 aliphatic heterocycles. The van der Waals surface area contributed by atoms with Gasteiger partial charge in [-0.1, -0.05) is 51.4 Å². The summed E-state index contributed by atoms with van der Waals surface area (Å²) in [5, 5.41) is 32.0. The van der Waals surface area contributed by atoms with Crippen LogP contribution in [0.3, 0.4) is 0 Å². The van der Waals surface area contributed by atoms with Gasteiger partial charge in [0.05, 0.1) is 21.6 Å². The first-order valence-electron chi connectivity index (χ1n) is 7.66. The summed E-state index contributed by atoms with van der Waals surface area (Å²) in [6, 6.07) is 7.81. The highest BCUT2D eigenvalue weighted by molar-refractivity contribution is 6.34. The van der Waals surface area contributed by atoms with Crippen LogP contribution >= 0.6 is 11.6 Å². The normalized spacial score (nSPS) is 9.00. The Kier molecular flexibility index (Phi) is 9.66. The van der Waals surface area contributed by atoms with Crippen LogP contribution in [0.15, 0.2) is 36.4 Å². The molecule has 0 aromatic heterocycles. The van der Waals surface area contributed by atoms with E-state index in [1.165, 1.54) is 12.1 Å². The second-order valence-corrected chi connectivity index (χ2v) is 4.46. The maximum absolute atomic E-state index is 12.0. The van der Waals surface area contributed by atoms with E-state index in [0.29, 0.717) is 0 Å². The van der Waals surface area contributed by atoms with Crippen molar-refractivity contribution in [3.8, 4) is 11.5 Å². The van der Waals surface area contributed by atoms with E-state index in [0.717, 1.165) is 12.1 Å². The van der Waals surface area contributed by atoms with Gasteiger partial charge in [-0.25, -0.2) is 0 Å². The number of hydrogen-bond acceptors (Lipinski definition) is 5. The van der Waals surface area contributed by atoms with Crippen molar-refractivity contribution in [3.05, 3.63) is 57.1 Å². The Labute approximate surface area is 151 Å². The predicted molar refractivity (Wildman–Crippen MR) is 98.5 cm³/mol. The van der Waals surface area contributed by atoms with E-state index >= 15 is 0 Å². The molecule has 0 aliphatic rings. The van der Waals surface area contributed by atoms with Crippen molar-refractivity contribution in [2.24, 2.45) is 0 Å². The SMILES string of the molecule is CC.CC.O=C(Nc1cc(O)c(O)cc1[N+](=O)[O-])c1ccccc1Cl. The molecular formula is C17H21ClN2O5. The molecule has 8 heteroatoms. The van der Waals surface area contributed by atoms with Gasteiger partial charge in [0.25, 0.3) is 11.6 Å². The highest BCUT2D eigenvalue weighted by Gasteiger charge is 2.21. The van der Waals surface area contributed by atoms with Gasteiger partial charge in [-0.15, -0.1) is 0 Å². The van der Waals surface area contributed by atoms with Crippen molar-refractivity contribution in [3.63, 3.8) is 0 Å². The highest BCUT2D eigenvalue weighted by Crippen LogP contribution is 2.36. The van der Waals surface area contributed by atoms with E-state index in [9.17, 15) is 25.1 Å². The Balaban J connectivity index is 0.00000134. The minimum Gasteiger partial charge on any atom is -0.504 e. The van der Waals surface area contributed by atoms with Gasteiger partial charge in [0.2, 0.25) is 0 Å². The van der Waals surface area contributed by atoms with Crippen LogP contribution in [0.25, 0.3) is 0 Å². The number of anilines is 1. The molecule has 0 atom stereocenters. The van der Waals surface area contributed by atoms with E-state index in [2.05, 4.69) is 5.32 Å². The van der Waals surface area contributed by atoms with Gasteiger partial charge in [-0.05, 0) is 12.1 Å². The van der Waals surface area contributed by atoms with Crippen LogP contribution in [-0.2, 0) is 0 Å². The number of carbonyl (C=O) groups excluding carboxylic acids is 1. The number of aromatic hydroxyl groups is 2. The number of carbonyl (C=O) groups is 1. The first-order valence-corrected chi connectivity index (χ1v) is 8.04. The highest BCUT2D eigenvalue weighted by atomic mass is 35.5. The van der Waals surface area contributed by atoms with Crippen LogP contribution < -0.4 is 5.32 Å². The molecule has 2 rings (SSSR count). The Hall–Kier alpha value is -2.80. The number of nitro groups is 1. The van der Waals surface area contributed by atoms with Gasteiger partial charge in [-0.3, -0.25) is 14.9 Å². The lowest BCUT2D eigenvalue weighted by Gasteiger charge is -2.08. The smallest absolute Gasteiger partial charge is 0.296 e. The molecular weight excluding hydrogens is 348 g/mol. The number of hydrogen-bond donors (Lipinski definition) is 3. The van der Waals surface area contributed by atoms with E-state index in [1.807, 2.05) is 27.7 Å². The topological polar surface area (TPSA) is 113 Å². The van der Waals surface area contributed by atoms with E-state index in [4.69, 9.17) is 11.6 Å². The summed E-state index contributed by atoms with van der Waals surface area (Å²) in [6.07, 6.45) is 0. The average Bonchev–Trinajstić information content (AvgIpc) is 2.61. The van der Waals surface area contributed by atoms with Gasteiger partial charge in [0.15, 0.2) is 11.5 Å². The minimum absolute atomic E-state index is 0.126. The minimum atomic E-state index is -0.790. The lowest BCUT2D eigenvalue weighted by atomic mass is 10.2. The lowest BCUT2D eigenvalue weighted by Crippen LogP contribution is -2.13. The molecule has 3 N–H and O–H groups in total. The number of phenols is 2. The molecule has 0 heterocycles. The molecule has 0 spiro atoms. The molecule has 0 unspecified atom stereocenters. The standard InChI is InChI=1S/C13H9ClN2O5.2C2H6/c14-8-4-2-1-3-7(8)13(19)15-9-5-11(17)12(18)6-10(9)16(20)21;2*1-2/h1-6,17-18H,(H,15,19);2*1-2H3. The number of nitrogens with one attached hydrogen (secondary N) is 1. The monoisotopic (exact) mass is 368 g/mol. The van der Waals surface area contributed by atoms with Crippen LogP contribution in [0.1, 0.15) is 38.1 Å². The summed E-state index contributed by atoms with van der Waals surface area (Å²) in [5.74, 6) is -1.92. The number of halogens is 1. The number of amides is 1. The van der Waals surface area contributed by atoms with Crippen molar-refractivity contribution in [1.82, 2.24) is 0 Å². The second kappa shape index (κ2) is 10.9. The van der Waals surface area contributed by atoms with Crippen molar-refractivity contribution in [2.45, 2.75) is 27.7 Å². The fraction of sp³-hybridized carbons (Fsp3) is 0.235. The van der Waals surface area contributed by atoms with Gasteiger partial charge in [0.1, 0.15) is 5.69 Å². The molecule has 2 aromatic carbocycles. The summed E-state index contributed by atoms with van der Waals surface area (Å²) < 4.78 is 0. The zero-order valence-electron chi connectivity index (χ0n) is 14.4. The Bertz CT molecular complexity index is 735. The molecule has 0 bridgehead atoms. The second-order valence-electron chi connectivity index (χ2n) is 4.05. The summed E-state index contributed by atoms with van der Waals surface area (Å²) in [7, 11) is 0. The van der Waals surface area contributed by atoms with E-state index in [-0.39, 0.29) is 16.3 Å². The molecule has 0 radical (unpaired) electrons. The Morgan fingerprint density at radius 1 is 1.08 bits per heavy atom. The van der Waals surface area contributed by atoms with Gasteiger partial charge < -0.3 is 15.5 Å². The fourth-order valence-electron chi connectivity index (χ4n) is 1.65. The quantitative estimate of drug-likeness (QED) is 0.306. The molecule has 25 heavy (non-hydrogen) atoms. The van der Waals surface area contributed by atoms with Crippen LogP contribution in [0, 0.1) is 10.1 Å². The van der Waals surface area contributed by atoms with Crippen molar-refractivity contribution in [1.29, 1.82) is 0 Å². The van der Waals surface area contributed by atoms with E-state index < -0.39 is 28.0 Å². The van der Waals surface area contributed by atoms with Crippen molar-refractivity contribution >= 4 is 28.9 Å². The number of rotatable bonds is 3. The molecule has 0 fully saturated rings. The summed E-state index contributed by atoms with van der Waals surface area (Å²) >= 11 is 5.86. The Morgan fingerprint density at radius 2 is 1.60 bits per heavy atom. The van der Waals surface area contributed by atoms with Crippen LogP contribution in [0.2, 0.25) is 5.02 Å². The van der Waals surface area contributed by atoms with Gasteiger partial charge in [-0.2, -0.15) is 0 Å². The molecule has 2 aromatic rings. The summed E-state index contributed by atoms with van der Waals surface area (Å²) in [6.45, 7) is 8.00. The first kappa shape index (κ1) is 22.2. The third-order valence-corrected chi connectivity index (χ3v) is 2.99. The average molecular weight is 369 g/mol. The molecule has 0 aliphatic carbocycles. The first-order chi connectivity index (χ1) is 11.9. The molecule has 1 amide bonds. The van der Waals surface area contributed by atoms with E-state index in [1.54, 1.807) is 12.1 Å². The van der Waals surface area contributed by atoms with Crippen LogP contribution in [0.5, 0.6) is 11.5 Å². The summed E-state index contributed by atoms with van der Waals surface area (Å²) in [4.78, 5) is 22.2. The third kappa shape index (κ3) is 5.96. The maximum Gasteiger partial charge on any atom is 0.296 e. The number of nitrogens with zero attached hydrogens (tertiary/aromatic N) is 1. The lowest BCUT2D eigenvalue weighted by molar-refractivity contribution is -0.384. The zero-order chi connectivity index (χ0) is 19.6. The summed E-state index contributed by atoms with van der Waals surface area (Å²) in [5.41, 5.74) is -0.674. The fourth-order valence-corrected chi connectivity index (χ4v) is 1.87. The molecule has 0 saturated carbocycles. The van der Waals surface area contributed by atoms with Crippen molar-refractivity contribution in [2.75, 3.05) is 5.32 Å². The number of phenolic OH excluding ortho intramolecular Hbond substituents is 2. The van der Waals surface area contributed by atoms with Gasteiger partial charge in [0, 0.05) is 6.07 Å². The maximum atomic E-state index is 12.0. The van der Waals surface area contributed by atoms with Crippen LogP contribution in [0.4, 0.5) is 11.4 Å². The number of benzene rings is 2. The van der Waals surface area contributed by atoms with Crippen molar-refractivity contribution < 1.29 is 19.9 Å². The van der Waals surface area contributed by atoms with Gasteiger partial charge >= 0.3 is 0 Å². The van der Waals surface area contributed by atoms with Crippen LogP contribution in [-0.4, -0.2) is 21.0 Å². The number of nitro benzene ring substituents is 1. The molecule has 136 valence electrons. The molecule has 7 nitrogen and oxygen atoms in total. The predicted octanol–water partition coefficient (Wildman–Crippen LogP) is 4.96. The zero-order valence-corrected chi connectivity index (χ0v) is 15.2. The largest absolute Gasteiger partial charge is 0.504 e. The molecule has 0 saturated heterocycles. The Morgan fingerprint density at radius 3 is 2.12 bits per heavy atom. The third-order valence-electron chi connectivity index (χ3n) is 2.66.